The van der Waals surface area contributed by atoms with Gasteiger partial charge in [-0.1, -0.05) is 23.8 Å². The standard InChI is InChI=1S/C8H10/c1-3-7-5-2-6-8(7)4-1/h1,3,6-7H,2,4-5H2/t7-/m0/s1. The molecule has 8 heavy (non-hydrogen) atoms. The molecular formula is C8H10. The zero-order valence-corrected chi connectivity index (χ0v) is 4.93. The summed E-state index contributed by atoms with van der Waals surface area (Å²) in [5.41, 5.74) is 1.67. The Kier molecular flexibility index (Phi) is 0.806. The summed E-state index contributed by atoms with van der Waals surface area (Å²) >= 11 is 0. The van der Waals surface area contributed by atoms with Gasteiger partial charge in [-0.15, -0.1) is 0 Å². The quantitative estimate of drug-likeness (QED) is 0.415. The van der Waals surface area contributed by atoms with Crippen molar-refractivity contribution in [1.82, 2.24) is 0 Å². The highest BCUT2D eigenvalue weighted by Gasteiger charge is 2.18. The van der Waals surface area contributed by atoms with Crippen LogP contribution in [-0.4, -0.2) is 0 Å². The molecule has 0 fully saturated rings. The van der Waals surface area contributed by atoms with Crippen molar-refractivity contribution in [2.45, 2.75) is 19.3 Å². The summed E-state index contributed by atoms with van der Waals surface area (Å²) in [4.78, 5) is 0. The van der Waals surface area contributed by atoms with Crippen LogP contribution in [0.1, 0.15) is 19.3 Å². The maximum atomic E-state index is 2.39. The van der Waals surface area contributed by atoms with Crippen LogP contribution in [-0.2, 0) is 0 Å². The minimum absolute atomic E-state index is 0.856. The lowest BCUT2D eigenvalue weighted by atomic mass is 10.1. The van der Waals surface area contributed by atoms with E-state index in [4.69, 9.17) is 0 Å². The summed E-state index contributed by atoms with van der Waals surface area (Å²) in [6.07, 6.45) is 11.0. The van der Waals surface area contributed by atoms with E-state index < -0.39 is 0 Å². The Labute approximate surface area is 49.9 Å². The number of fused-ring (bicyclic) bond motifs is 1. The fourth-order valence-corrected chi connectivity index (χ4v) is 1.61. The van der Waals surface area contributed by atoms with Crippen LogP contribution >= 0.6 is 0 Å². The van der Waals surface area contributed by atoms with Crippen molar-refractivity contribution in [3.8, 4) is 0 Å². The molecule has 0 spiro atoms. The average Bonchev–Trinajstić information content (AvgIpc) is 2.15. The zero-order chi connectivity index (χ0) is 5.40. The molecule has 0 nitrogen and oxygen atoms in total. The SMILES string of the molecule is C1=C[C@H]2CCC=C2C1. The Bertz CT molecular complexity index is 151. The molecule has 0 radical (unpaired) electrons. The fraction of sp³-hybridized carbons (Fsp3) is 0.500. The maximum absolute atomic E-state index is 2.39. The van der Waals surface area contributed by atoms with Crippen molar-refractivity contribution in [2.75, 3.05) is 0 Å². The van der Waals surface area contributed by atoms with Crippen LogP contribution in [0.25, 0.3) is 0 Å². The van der Waals surface area contributed by atoms with Gasteiger partial charge in [-0.2, -0.15) is 0 Å². The predicted molar refractivity (Wildman–Crippen MR) is 34.6 cm³/mol. The lowest BCUT2D eigenvalue weighted by Crippen LogP contribution is -1.85. The van der Waals surface area contributed by atoms with Crippen molar-refractivity contribution in [3.05, 3.63) is 23.8 Å². The predicted octanol–water partition coefficient (Wildman–Crippen LogP) is 2.28. The average molecular weight is 106 g/mol. The normalized spacial score (nSPS) is 33.0. The van der Waals surface area contributed by atoms with Crippen LogP contribution in [0.5, 0.6) is 0 Å². The molecule has 42 valence electrons. The highest BCUT2D eigenvalue weighted by atomic mass is 14.2. The molecule has 0 N–H and O–H groups in total. The number of hydrogen-bond acceptors (Lipinski definition) is 0. The van der Waals surface area contributed by atoms with E-state index >= 15 is 0 Å². The lowest BCUT2D eigenvalue weighted by Gasteiger charge is -1.97. The van der Waals surface area contributed by atoms with Crippen LogP contribution in [0.15, 0.2) is 23.8 Å². The Balaban J connectivity index is 2.28. The van der Waals surface area contributed by atoms with E-state index in [0.717, 1.165) is 5.92 Å². The first-order valence-corrected chi connectivity index (χ1v) is 3.32. The molecule has 0 aromatic heterocycles. The summed E-state index contributed by atoms with van der Waals surface area (Å²) < 4.78 is 0. The molecule has 0 aliphatic heterocycles. The summed E-state index contributed by atoms with van der Waals surface area (Å²) in [5.74, 6) is 0.856. The van der Waals surface area contributed by atoms with Crippen molar-refractivity contribution < 1.29 is 0 Å². The van der Waals surface area contributed by atoms with Gasteiger partial charge in [0.05, 0.1) is 0 Å². The topological polar surface area (TPSA) is 0 Å². The molecule has 1 atom stereocenters. The number of allylic oxidation sites excluding steroid dienone is 4. The van der Waals surface area contributed by atoms with Crippen molar-refractivity contribution in [1.29, 1.82) is 0 Å². The van der Waals surface area contributed by atoms with Gasteiger partial charge < -0.3 is 0 Å². The fourth-order valence-electron chi connectivity index (χ4n) is 1.61. The molecule has 2 aliphatic rings. The summed E-state index contributed by atoms with van der Waals surface area (Å²) in [7, 11) is 0. The Morgan fingerprint density at radius 2 is 2.50 bits per heavy atom. The molecule has 0 bridgehead atoms. The molecule has 0 aromatic rings. The van der Waals surface area contributed by atoms with Gasteiger partial charge in [-0.25, -0.2) is 0 Å². The van der Waals surface area contributed by atoms with Crippen LogP contribution < -0.4 is 0 Å². The maximum Gasteiger partial charge on any atom is -0.00171 e. The van der Waals surface area contributed by atoms with Gasteiger partial charge in [-0.3, -0.25) is 0 Å². The van der Waals surface area contributed by atoms with Gasteiger partial charge in [0.25, 0.3) is 0 Å². The number of hydrogen-bond donors (Lipinski definition) is 0. The molecule has 0 saturated carbocycles. The van der Waals surface area contributed by atoms with Gasteiger partial charge in [0.2, 0.25) is 0 Å². The number of rotatable bonds is 0. The molecule has 0 heterocycles. The highest BCUT2D eigenvalue weighted by Crippen LogP contribution is 2.33. The van der Waals surface area contributed by atoms with E-state index in [0.29, 0.717) is 0 Å². The van der Waals surface area contributed by atoms with Crippen molar-refractivity contribution in [2.24, 2.45) is 5.92 Å². The minimum atomic E-state index is 0.856. The van der Waals surface area contributed by atoms with E-state index in [1.807, 2.05) is 0 Å². The first-order chi connectivity index (χ1) is 3.97. The van der Waals surface area contributed by atoms with Crippen LogP contribution in [0.3, 0.4) is 0 Å². The van der Waals surface area contributed by atoms with E-state index in [-0.39, 0.29) is 0 Å². The van der Waals surface area contributed by atoms with Crippen LogP contribution in [0.4, 0.5) is 0 Å². The van der Waals surface area contributed by atoms with Gasteiger partial charge in [-0.05, 0) is 25.2 Å². The zero-order valence-electron chi connectivity index (χ0n) is 4.93. The summed E-state index contributed by atoms with van der Waals surface area (Å²) in [6, 6.07) is 0. The first-order valence-electron chi connectivity index (χ1n) is 3.32. The van der Waals surface area contributed by atoms with E-state index in [9.17, 15) is 0 Å². The minimum Gasteiger partial charge on any atom is -0.0844 e. The second-order valence-electron chi connectivity index (χ2n) is 2.60. The Morgan fingerprint density at radius 3 is 3.38 bits per heavy atom. The third-order valence-electron chi connectivity index (χ3n) is 2.08. The smallest absolute Gasteiger partial charge is 0.00171 e. The van der Waals surface area contributed by atoms with Gasteiger partial charge in [0.15, 0.2) is 0 Å². The van der Waals surface area contributed by atoms with Crippen molar-refractivity contribution in [3.63, 3.8) is 0 Å². The van der Waals surface area contributed by atoms with E-state index in [1.54, 1.807) is 5.57 Å². The molecule has 0 saturated heterocycles. The highest BCUT2D eigenvalue weighted by molar-refractivity contribution is 5.26. The third-order valence-corrected chi connectivity index (χ3v) is 2.08. The molecule has 2 rings (SSSR count). The van der Waals surface area contributed by atoms with Gasteiger partial charge >= 0.3 is 0 Å². The Morgan fingerprint density at radius 1 is 1.50 bits per heavy atom. The van der Waals surface area contributed by atoms with Gasteiger partial charge in [0, 0.05) is 0 Å². The molecule has 0 heteroatoms. The summed E-state index contributed by atoms with van der Waals surface area (Å²) in [5, 5.41) is 0. The lowest BCUT2D eigenvalue weighted by molar-refractivity contribution is 0.753. The molecular weight excluding hydrogens is 96.1 g/mol. The van der Waals surface area contributed by atoms with Crippen LogP contribution in [0.2, 0.25) is 0 Å². The largest absolute Gasteiger partial charge is 0.0844 e. The van der Waals surface area contributed by atoms with E-state index in [1.165, 1.54) is 19.3 Å². The molecule has 0 aromatic carbocycles. The second kappa shape index (κ2) is 1.48. The summed E-state index contributed by atoms with van der Waals surface area (Å²) in [6.45, 7) is 0. The van der Waals surface area contributed by atoms with Gasteiger partial charge in [0.1, 0.15) is 0 Å². The second-order valence-corrected chi connectivity index (χ2v) is 2.60. The molecule has 0 unspecified atom stereocenters. The Hall–Kier alpha value is -0.520. The van der Waals surface area contributed by atoms with E-state index in [2.05, 4.69) is 18.2 Å². The molecule has 2 aliphatic carbocycles. The van der Waals surface area contributed by atoms with Crippen molar-refractivity contribution >= 4 is 0 Å². The third kappa shape index (κ3) is 0.459. The monoisotopic (exact) mass is 106 g/mol. The molecule has 0 amide bonds. The van der Waals surface area contributed by atoms with Crippen LogP contribution in [0, 0.1) is 5.92 Å². The first kappa shape index (κ1) is 4.37.